The fourth-order valence-corrected chi connectivity index (χ4v) is 8.29. The summed E-state index contributed by atoms with van der Waals surface area (Å²) in [5.41, 5.74) is -1.08. The number of nitrogens with one attached hydrogen (secondary N) is 1. The van der Waals surface area contributed by atoms with Crippen molar-refractivity contribution >= 4 is 31.0 Å². The number of nitriles is 1. The molecule has 5 rings (SSSR count). The predicted octanol–water partition coefficient (Wildman–Crippen LogP) is 5.52. The lowest BCUT2D eigenvalue weighted by atomic mass is 9.92. The second kappa shape index (κ2) is 15.1. The van der Waals surface area contributed by atoms with E-state index in [1.165, 1.54) is 22.4 Å². The molecule has 6 atom stereocenters. The van der Waals surface area contributed by atoms with Gasteiger partial charge in [0.1, 0.15) is 48.0 Å². The molecule has 2 N–H and O–H groups in total. The van der Waals surface area contributed by atoms with Crippen molar-refractivity contribution in [2.75, 3.05) is 18.5 Å². The number of hydrogen-bond acceptors (Lipinski definition) is 11. The summed E-state index contributed by atoms with van der Waals surface area (Å²) in [6.07, 6.45) is 0.748. The van der Waals surface area contributed by atoms with E-state index in [9.17, 15) is 24.5 Å². The highest BCUT2D eigenvalue weighted by Crippen LogP contribution is 2.56. The lowest BCUT2D eigenvalue weighted by Crippen LogP contribution is -2.42. The van der Waals surface area contributed by atoms with E-state index < -0.39 is 56.1 Å². The number of nitrogens with zero attached hydrogens (tertiary/aromatic N) is 5. The monoisotopic (exact) mass is 712 g/mol. The molecule has 1 aromatic carbocycles. The summed E-state index contributed by atoms with van der Waals surface area (Å²) in [5.74, 6) is -2.06. The fraction of sp³-hybridized carbons (Fsp3) is 0.559. The number of rotatable bonds is 16. The van der Waals surface area contributed by atoms with Crippen LogP contribution in [0.2, 0.25) is 0 Å². The number of para-hydroxylation sites is 1. The van der Waals surface area contributed by atoms with Gasteiger partial charge in [-0.05, 0) is 57.4 Å². The van der Waals surface area contributed by atoms with Gasteiger partial charge in [-0.15, -0.1) is 0 Å². The second-order valence-electron chi connectivity index (χ2n) is 12.9. The number of carbonyl (C=O) groups is 2. The number of benzene rings is 1. The minimum atomic E-state index is -4.41. The number of anilines is 1. The highest BCUT2D eigenvalue weighted by atomic mass is 31.2. The summed E-state index contributed by atoms with van der Waals surface area (Å²) in [5, 5.41) is 28.1. The van der Waals surface area contributed by atoms with Crippen LogP contribution < -0.4 is 9.84 Å². The summed E-state index contributed by atoms with van der Waals surface area (Å²) in [6.45, 7) is 10.4. The quantitative estimate of drug-likeness (QED) is 0.177. The smallest absolute Gasteiger partial charge is 0.462 e. The minimum Gasteiger partial charge on any atom is -0.480 e. The molecule has 0 aliphatic carbocycles. The van der Waals surface area contributed by atoms with Crippen molar-refractivity contribution in [2.24, 2.45) is 5.92 Å². The van der Waals surface area contributed by atoms with Crippen LogP contribution in [0.25, 0.3) is 5.52 Å². The van der Waals surface area contributed by atoms with Crippen molar-refractivity contribution in [3.63, 3.8) is 0 Å². The third-order valence-corrected chi connectivity index (χ3v) is 11.1. The van der Waals surface area contributed by atoms with E-state index >= 15 is 0 Å². The van der Waals surface area contributed by atoms with Crippen LogP contribution in [0.4, 0.5) is 5.82 Å². The summed E-state index contributed by atoms with van der Waals surface area (Å²) >= 11 is 0. The maximum Gasteiger partial charge on any atom is 0.462 e. The van der Waals surface area contributed by atoms with Gasteiger partial charge in [0.25, 0.3) is 0 Å². The molecule has 2 aliphatic rings. The van der Waals surface area contributed by atoms with Gasteiger partial charge in [-0.1, -0.05) is 51.8 Å². The molecule has 0 saturated carbocycles. The van der Waals surface area contributed by atoms with Crippen molar-refractivity contribution < 1.29 is 42.5 Å². The highest BCUT2D eigenvalue weighted by Gasteiger charge is 2.65. The number of aliphatic carboxylic acids is 1. The molecule has 4 heterocycles. The maximum absolute atomic E-state index is 14.9. The number of amides is 1. The normalized spacial score (nSPS) is 24.5. The van der Waals surface area contributed by atoms with E-state index in [0.29, 0.717) is 36.9 Å². The van der Waals surface area contributed by atoms with E-state index in [1.807, 2.05) is 20.8 Å². The summed E-state index contributed by atoms with van der Waals surface area (Å²) < 4.78 is 49.0. The molecule has 1 amide bonds. The molecule has 2 aliphatic heterocycles. The number of fused-ring (bicyclic) bond motifs is 2. The zero-order chi connectivity index (χ0) is 36.3. The van der Waals surface area contributed by atoms with Gasteiger partial charge in [-0.25, -0.2) is 14.1 Å². The van der Waals surface area contributed by atoms with Gasteiger partial charge < -0.3 is 29.2 Å². The van der Waals surface area contributed by atoms with Crippen LogP contribution in [0.15, 0.2) is 48.8 Å². The van der Waals surface area contributed by atoms with Crippen LogP contribution in [0.1, 0.15) is 72.9 Å². The van der Waals surface area contributed by atoms with E-state index in [2.05, 4.69) is 21.5 Å². The first kappa shape index (κ1) is 37.4. The second-order valence-corrected chi connectivity index (χ2v) is 14.8. The van der Waals surface area contributed by atoms with Gasteiger partial charge in [0.05, 0.1) is 12.3 Å². The Kier molecular flexibility index (Phi) is 11.3. The molecule has 15 nitrogen and oxygen atoms in total. The molecule has 0 spiro atoms. The number of hydrogen-bond donors (Lipinski definition) is 2. The summed E-state index contributed by atoms with van der Waals surface area (Å²) in [6, 6.07) is 12.8. The SMILES string of the molecule is CCCC(=O)Nc1ncnn2c([C@]3(C#N)O[C@H](COP(=O)(Oc4ccccc4)N(CC(CC)CC)[C@@H](C)C(=O)O)[C@H]4OC(C)(C)O[C@H]43)ccc12. The van der Waals surface area contributed by atoms with Crippen LogP contribution in [0, 0.1) is 17.2 Å². The highest BCUT2D eigenvalue weighted by molar-refractivity contribution is 7.51. The number of carboxylic acid groups (broad SMARTS) is 1. The van der Waals surface area contributed by atoms with Crippen molar-refractivity contribution in [2.45, 2.75) is 103 Å². The molecule has 2 fully saturated rings. The topological polar surface area (TPSA) is 187 Å². The van der Waals surface area contributed by atoms with Gasteiger partial charge in [0.2, 0.25) is 11.5 Å². The standard InChI is InChI=1S/C34H45N6O9P/c1-7-13-28(41)38-31-25-16-17-27(40(25)37-21-36-31)34(20-35)30-29(47-33(5,6)48-30)26(46-34)19-45-50(44,49-24-14-11-10-12-15-24)39(22(4)32(42)43)18-23(8-2)9-3/h10-12,14-17,21-23,26,29-30H,7-9,13,18-19H2,1-6H3,(H,42,43)(H,36,37,38,41)/t22-,26+,29+,30+,34-,50?/m0/s1. The third kappa shape index (κ3) is 7.42. The predicted molar refractivity (Wildman–Crippen MR) is 181 cm³/mol. The van der Waals surface area contributed by atoms with Crippen molar-refractivity contribution in [3.05, 3.63) is 54.5 Å². The Bertz CT molecular complexity index is 1760. The van der Waals surface area contributed by atoms with Gasteiger partial charge >= 0.3 is 13.7 Å². The third-order valence-electron chi connectivity index (χ3n) is 9.05. The molecular weight excluding hydrogens is 667 g/mol. The average molecular weight is 713 g/mol. The number of aromatic nitrogens is 3. The number of ether oxygens (including phenoxy) is 3. The van der Waals surface area contributed by atoms with Crippen LogP contribution in [-0.4, -0.2) is 79.5 Å². The van der Waals surface area contributed by atoms with Crippen LogP contribution >= 0.6 is 7.75 Å². The first-order chi connectivity index (χ1) is 23.8. The number of carbonyl (C=O) groups excluding carboxylic acids is 1. The Labute approximate surface area is 291 Å². The lowest BCUT2D eigenvalue weighted by Gasteiger charge is -2.35. The van der Waals surface area contributed by atoms with Gasteiger partial charge in [0, 0.05) is 13.0 Å². The van der Waals surface area contributed by atoms with Crippen molar-refractivity contribution in [1.29, 1.82) is 5.26 Å². The first-order valence-corrected chi connectivity index (χ1v) is 18.4. The van der Waals surface area contributed by atoms with Gasteiger partial charge in [0.15, 0.2) is 11.6 Å². The van der Waals surface area contributed by atoms with E-state index in [4.69, 9.17) is 23.3 Å². The number of carboxylic acids is 1. The van der Waals surface area contributed by atoms with Crippen molar-refractivity contribution in [1.82, 2.24) is 19.3 Å². The van der Waals surface area contributed by atoms with E-state index in [-0.39, 0.29) is 29.9 Å². The lowest BCUT2D eigenvalue weighted by molar-refractivity contribution is -0.204. The van der Waals surface area contributed by atoms with Crippen LogP contribution in [0.3, 0.4) is 0 Å². The summed E-state index contributed by atoms with van der Waals surface area (Å²) in [4.78, 5) is 29.0. The molecule has 0 radical (unpaired) electrons. The molecule has 50 heavy (non-hydrogen) atoms. The Morgan fingerprint density at radius 3 is 2.50 bits per heavy atom. The molecule has 3 aromatic rings. The molecule has 2 aromatic heterocycles. The molecule has 270 valence electrons. The van der Waals surface area contributed by atoms with Crippen LogP contribution in [-0.2, 0) is 38.5 Å². The first-order valence-electron chi connectivity index (χ1n) is 16.9. The average Bonchev–Trinajstić information content (AvgIpc) is 3.75. The Balaban J connectivity index is 1.52. The Morgan fingerprint density at radius 2 is 1.86 bits per heavy atom. The van der Waals surface area contributed by atoms with E-state index in [0.717, 1.165) is 0 Å². The largest absolute Gasteiger partial charge is 0.480 e. The molecule has 16 heteroatoms. The molecule has 2 saturated heterocycles. The van der Waals surface area contributed by atoms with Crippen molar-refractivity contribution in [3.8, 4) is 11.8 Å². The Hall–Kier alpha value is -3.90. The molecule has 0 bridgehead atoms. The molecule has 1 unspecified atom stereocenters. The zero-order valence-corrected chi connectivity index (χ0v) is 30.0. The van der Waals surface area contributed by atoms with Gasteiger partial charge in [-0.3, -0.25) is 14.1 Å². The van der Waals surface area contributed by atoms with Gasteiger partial charge in [-0.2, -0.15) is 15.0 Å². The Morgan fingerprint density at radius 1 is 1.14 bits per heavy atom. The van der Waals surface area contributed by atoms with E-state index in [1.54, 1.807) is 56.3 Å². The zero-order valence-electron chi connectivity index (χ0n) is 29.1. The molecular formula is C34H45N6O9P. The fourth-order valence-electron chi connectivity index (χ4n) is 6.31. The summed E-state index contributed by atoms with van der Waals surface area (Å²) in [7, 11) is -4.41. The minimum absolute atomic E-state index is 0.0000892. The van der Waals surface area contributed by atoms with Crippen LogP contribution in [0.5, 0.6) is 5.75 Å². The maximum atomic E-state index is 14.9.